The molecule has 0 aliphatic rings. The van der Waals surface area contributed by atoms with Crippen LogP contribution in [0.4, 0.5) is 0 Å². The van der Waals surface area contributed by atoms with Gasteiger partial charge in [0.15, 0.2) is 8.03 Å². The summed E-state index contributed by atoms with van der Waals surface area (Å²) in [6, 6.07) is 0. The first-order valence-corrected chi connectivity index (χ1v) is 5.21. The lowest BCUT2D eigenvalue weighted by molar-refractivity contribution is 0.370. The van der Waals surface area contributed by atoms with Gasteiger partial charge < -0.3 is 4.52 Å². The normalized spacial score (nSPS) is 12.4. The van der Waals surface area contributed by atoms with E-state index in [1.807, 2.05) is 6.08 Å². The molecule has 0 saturated carbocycles. The Balaban J connectivity index is 3.21. The van der Waals surface area contributed by atoms with Crippen molar-refractivity contribution in [2.45, 2.75) is 12.8 Å². The van der Waals surface area contributed by atoms with E-state index >= 15 is 0 Å². The Morgan fingerprint density at radius 2 is 2.09 bits per heavy atom. The summed E-state index contributed by atoms with van der Waals surface area (Å²) < 4.78 is 15.9. The zero-order valence-corrected chi connectivity index (χ0v) is 7.71. The van der Waals surface area contributed by atoms with Crippen LogP contribution in [0.2, 0.25) is 0 Å². The van der Waals surface area contributed by atoms with Crippen molar-refractivity contribution in [3.05, 3.63) is 25.3 Å². The second kappa shape index (κ2) is 7.77. The van der Waals surface area contributed by atoms with Crippen LogP contribution in [0.15, 0.2) is 25.3 Å². The van der Waals surface area contributed by atoms with Gasteiger partial charge in [-0.15, -0.1) is 13.2 Å². The molecule has 0 aliphatic heterocycles. The molecular formula is C8H15O2P. The van der Waals surface area contributed by atoms with E-state index in [9.17, 15) is 4.57 Å². The van der Waals surface area contributed by atoms with Gasteiger partial charge >= 0.3 is 0 Å². The highest BCUT2D eigenvalue weighted by Gasteiger charge is 1.95. The summed E-state index contributed by atoms with van der Waals surface area (Å²) in [4.78, 5) is 0. The maximum Gasteiger partial charge on any atom is 0.191 e. The molecule has 0 aromatic heterocycles. The lowest BCUT2D eigenvalue weighted by Gasteiger charge is -1.98. The summed E-state index contributed by atoms with van der Waals surface area (Å²) in [7, 11) is -1.79. The van der Waals surface area contributed by atoms with Crippen molar-refractivity contribution in [1.29, 1.82) is 0 Å². The number of allylic oxidation sites excluding steroid dienone is 1. The minimum Gasteiger partial charge on any atom is -0.326 e. The Kier molecular flexibility index (Phi) is 7.54. The molecule has 64 valence electrons. The molecule has 0 radical (unpaired) electrons. The zero-order chi connectivity index (χ0) is 8.53. The summed E-state index contributed by atoms with van der Waals surface area (Å²) >= 11 is 0. The standard InChI is InChI=1S/C8H15O2P/c1-3-5-6-8-11(9)10-7-4-2/h3-4,11H,1-2,5-8H2. The molecule has 0 saturated heterocycles. The van der Waals surface area contributed by atoms with E-state index in [1.54, 1.807) is 6.08 Å². The van der Waals surface area contributed by atoms with E-state index in [1.165, 1.54) is 0 Å². The van der Waals surface area contributed by atoms with E-state index in [0.29, 0.717) is 12.8 Å². The van der Waals surface area contributed by atoms with Crippen LogP contribution in [-0.2, 0) is 9.09 Å². The number of hydrogen-bond acceptors (Lipinski definition) is 2. The van der Waals surface area contributed by atoms with Crippen LogP contribution in [0.3, 0.4) is 0 Å². The van der Waals surface area contributed by atoms with Crippen LogP contribution in [0.25, 0.3) is 0 Å². The van der Waals surface area contributed by atoms with Crippen LogP contribution >= 0.6 is 8.03 Å². The number of rotatable bonds is 7. The second-order valence-corrected chi connectivity index (χ2v) is 3.69. The first-order chi connectivity index (χ1) is 5.31. The van der Waals surface area contributed by atoms with Crippen LogP contribution in [-0.4, -0.2) is 12.8 Å². The summed E-state index contributed by atoms with van der Waals surface area (Å²) in [6.45, 7) is 7.43. The summed E-state index contributed by atoms with van der Waals surface area (Å²) in [5.74, 6) is 0. The van der Waals surface area contributed by atoms with Gasteiger partial charge in [-0.3, -0.25) is 4.57 Å². The molecule has 1 atom stereocenters. The van der Waals surface area contributed by atoms with Gasteiger partial charge in [0.05, 0.1) is 6.61 Å². The molecule has 0 amide bonds. The molecule has 0 N–H and O–H groups in total. The lowest BCUT2D eigenvalue weighted by Crippen LogP contribution is -1.83. The Bertz CT molecular complexity index is 143. The molecule has 0 heterocycles. The molecule has 11 heavy (non-hydrogen) atoms. The molecule has 1 unspecified atom stereocenters. The Hall–Kier alpha value is -0.330. The first-order valence-electron chi connectivity index (χ1n) is 3.68. The number of hydrogen-bond donors (Lipinski definition) is 0. The largest absolute Gasteiger partial charge is 0.326 e. The summed E-state index contributed by atoms with van der Waals surface area (Å²) in [5, 5.41) is 0. The third kappa shape index (κ3) is 7.57. The minimum atomic E-state index is -1.79. The molecule has 0 aromatic rings. The van der Waals surface area contributed by atoms with Gasteiger partial charge in [-0.1, -0.05) is 12.2 Å². The van der Waals surface area contributed by atoms with Crippen LogP contribution in [0.5, 0.6) is 0 Å². The molecule has 0 rings (SSSR count). The fraction of sp³-hybridized carbons (Fsp3) is 0.500. The van der Waals surface area contributed by atoms with Crippen molar-refractivity contribution in [2.24, 2.45) is 0 Å². The highest BCUT2D eigenvalue weighted by Crippen LogP contribution is 2.23. The Morgan fingerprint density at radius 1 is 1.36 bits per heavy atom. The van der Waals surface area contributed by atoms with Gasteiger partial charge in [0, 0.05) is 6.16 Å². The van der Waals surface area contributed by atoms with Crippen molar-refractivity contribution < 1.29 is 9.09 Å². The fourth-order valence-electron chi connectivity index (χ4n) is 0.615. The second-order valence-electron chi connectivity index (χ2n) is 2.15. The van der Waals surface area contributed by atoms with Crippen LogP contribution in [0.1, 0.15) is 12.8 Å². The van der Waals surface area contributed by atoms with E-state index in [2.05, 4.69) is 13.2 Å². The van der Waals surface area contributed by atoms with Gasteiger partial charge in [0.2, 0.25) is 0 Å². The van der Waals surface area contributed by atoms with Gasteiger partial charge in [0.1, 0.15) is 0 Å². The molecule has 3 heteroatoms. The average Bonchev–Trinajstić information content (AvgIpc) is 2.01. The smallest absolute Gasteiger partial charge is 0.191 e. The molecule has 0 bridgehead atoms. The van der Waals surface area contributed by atoms with Crippen molar-refractivity contribution in [3.8, 4) is 0 Å². The van der Waals surface area contributed by atoms with E-state index in [0.717, 1.165) is 12.8 Å². The molecule has 2 nitrogen and oxygen atoms in total. The van der Waals surface area contributed by atoms with Crippen molar-refractivity contribution in [3.63, 3.8) is 0 Å². The first kappa shape index (κ1) is 10.7. The quantitative estimate of drug-likeness (QED) is 0.337. The monoisotopic (exact) mass is 174 g/mol. The zero-order valence-electron chi connectivity index (χ0n) is 6.71. The summed E-state index contributed by atoms with van der Waals surface area (Å²) in [6.07, 6.45) is 5.90. The van der Waals surface area contributed by atoms with E-state index in [4.69, 9.17) is 4.52 Å². The predicted octanol–water partition coefficient (Wildman–Crippen LogP) is 2.63. The lowest BCUT2D eigenvalue weighted by atomic mass is 10.3. The average molecular weight is 174 g/mol. The maximum atomic E-state index is 11.0. The molecule has 0 aliphatic carbocycles. The van der Waals surface area contributed by atoms with E-state index in [-0.39, 0.29) is 0 Å². The maximum absolute atomic E-state index is 11.0. The van der Waals surface area contributed by atoms with Crippen LogP contribution < -0.4 is 0 Å². The highest BCUT2D eigenvalue weighted by atomic mass is 31.1. The topological polar surface area (TPSA) is 26.3 Å². The fourth-order valence-corrected chi connectivity index (χ4v) is 1.56. The van der Waals surface area contributed by atoms with Crippen molar-refractivity contribution >= 4 is 8.03 Å². The third-order valence-electron chi connectivity index (χ3n) is 1.15. The molecule has 0 fully saturated rings. The van der Waals surface area contributed by atoms with Gasteiger partial charge in [0.25, 0.3) is 0 Å². The van der Waals surface area contributed by atoms with Gasteiger partial charge in [-0.25, -0.2) is 0 Å². The van der Waals surface area contributed by atoms with Crippen molar-refractivity contribution in [2.75, 3.05) is 12.8 Å². The Labute approximate surface area is 68.8 Å². The Morgan fingerprint density at radius 3 is 2.64 bits per heavy atom. The third-order valence-corrected chi connectivity index (χ3v) is 2.40. The van der Waals surface area contributed by atoms with Gasteiger partial charge in [-0.2, -0.15) is 0 Å². The van der Waals surface area contributed by atoms with E-state index < -0.39 is 8.03 Å². The van der Waals surface area contributed by atoms with Crippen LogP contribution in [0, 0.1) is 0 Å². The minimum absolute atomic E-state index is 0.395. The SMILES string of the molecule is C=CCCC[PH](=O)OCC=C. The summed E-state index contributed by atoms with van der Waals surface area (Å²) in [5.41, 5.74) is 0. The molecule has 0 aromatic carbocycles. The van der Waals surface area contributed by atoms with Gasteiger partial charge in [-0.05, 0) is 12.8 Å². The molecular weight excluding hydrogens is 159 g/mol. The number of unbranched alkanes of at least 4 members (excludes halogenated alkanes) is 1. The highest BCUT2D eigenvalue weighted by molar-refractivity contribution is 7.39. The van der Waals surface area contributed by atoms with Crippen molar-refractivity contribution in [1.82, 2.24) is 0 Å². The molecule has 0 spiro atoms. The predicted molar refractivity (Wildman–Crippen MR) is 49.4 cm³/mol.